The van der Waals surface area contributed by atoms with Gasteiger partial charge >= 0.3 is 12.1 Å². The number of hydrogen-bond acceptors (Lipinski definition) is 7. The number of halogens is 4. The van der Waals surface area contributed by atoms with Gasteiger partial charge in [-0.1, -0.05) is 30.3 Å². The van der Waals surface area contributed by atoms with E-state index in [9.17, 15) is 37.1 Å². The van der Waals surface area contributed by atoms with Gasteiger partial charge in [0.15, 0.2) is 5.78 Å². The second kappa shape index (κ2) is 8.55. The van der Waals surface area contributed by atoms with Crippen LogP contribution in [-0.4, -0.2) is 58.8 Å². The van der Waals surface area contributed by atoms with Gasteiger partial charge in [0.1, 0.15) is 23.0 Å². The third-order valence-electron chi connectivity index (χ3n) is 7.20. The molecule has 200 valence electrons. The van der Waals surface area contributed by atoms with Crippen molar-refractivity contribution in [1.82, 2.24) is 10.2 Å². The van der Waals surface area contributed by atoms with Crippen LogP contribution in [0.3, 0.4) is 0 Å². The van der Waals surface area contributed by atoms with Crippen LogP contribution in [0.25, 0.3) is 0 Å². The van der Waals surface area contributed by atoms with E-state index in [-0.39, 0.29) is 17.9 Å². The first kappa shape index (κ1) is 25.7. The number of ether oxygens (including phenoxy) is 1. The molecule has 0 bridgehead atoms. The molecule has 0 aromatic heterocycles. The number of aliphatic hydroxyl groups is 1. The summed E-state index contributed by atoms with van der Waals surface area (Å²) in [4.78, 5) is 42.0. The van der Waals surface area contributed by atoms with Crippen molar-refractivity contribution >= 4 is 23.3 Å². The van der Waals surface area contributed by atoms with Gasteiger partial charge in [-0.3, -0.25) is 14.4 Å². The fraction of sp³-hybridized carbons (Fsp3) is 0.346. The SMILES string of the molecule is CCOC(=O)[C@H]1[C@@]2(C(=O)Nc3ccc(F)cc32)C(C(=O)c2ccccc2)=C2N[C@@H](C)CN2[C@]1(O)C(F)(F)F. The summed E-state index contributed by atoms with van der Waals surface area (Å²) in [6.07, 6.45) is -5.52. The van der Waals surface area contributed by atoms with E-state index in [0.29, 0.717) is 4.90 Å². The Bertz CT molecular complexity index is 1380. The lowest BCUT2D eigenvalue weighted by Crippen LogP contribution is -2.73. The van der Waals surface area contributed by atoms with Crippen molar-refractivity contribution < 1.29 is 41.8 Å². The van der Waals surface area contributed by atoms with Gasteiger partial charge in [-0.15, -0.1) is 0 Å². The summed E-state index contributed by atoms with van der Waals surface area (Å²) in [5.74, 6) is -7.78. The first-order valence-corrected chi connectivity index (χ1v) is 11.8. The number of rotatable bonds is 4. The fourth-order valence-corrected chi connectivity index (χ4v) is 5.76. The monoisotopic (exact) mass is 533 g/mol. The van der Waals surface area contributed by atoms with Crippen LogP contribution in [0.2, 0.25) is 0 Å². The molecule has 8 nitrogen and oxygen atoms in total. The molecule has 3 N–H and O–H groups in total. The highest BCUT2D eigenvalue weighted by Gasteiger charge is 2.79. The number of fused-ring (bicyclic) bond motifs is 3. The Morgan fingerprint density at radius 1 is 1.18 bits per heavy atom. The minimum absolute atomic E-state index is 0.00777. The van der Waals surface area contributed by atoms with Gasteiger partial charge in [-0.05, 0) is 37.6 Å². The molecule has 0 radical (unpaired) electrons. The number of alkyl halides is 3. The molecule has 12 heteroatoms. The van der Waals surface area contributed by atoms with E-state index in [0.717, 1.165) is 18.2 Å². The zero-order valence-corrected chi connectivity index (χ0v) is 20.2. The first-order chi connectivity index (χ1) is 17.9. The molecule has 3 aliphatic heterocycles. The predicted octanol–water partition coefficient (Wildman–Crippen LogP) is 2.85. The van der Waals surface area contributed by atoms with Crippen molar-refractivity contribution in [3.05, 3.63) is 76.9 Å². The molecule has 4 atom stereocenters. The molecule has 0 unspecified atom stereocenters. The molecular weight excluding hydrogens is 510 g/mol. The summed E-state index contributed by atoms with van der Waals surface area (Å²) in [6.45, 7) is 2.02. The number of nitrogens with zero attached hydrogens (tertiary/aromatic N) is 1. The lowest BCUT2D eigenvalue weighted by molar-refractivity contribution is -0.334. The number of nitrogens with one attached hydrogen (secondary N) is 2. The molecule has 3 heterocycles. The Balaban J connectivity index is 1.97. The molecule has 0 saturated carbocycles. The van der Waals surface area contributed by atoms with Gasteiger partial charge in [-0.25, -0.2) is 4.39 Å². The zero-order chi connectivity index (χ0) is 27.6. The number of hydrogen-bond donors (Lipinski definition) is 3. The van der Waals surface area contributed by atoms with Gasteiger partial charge in [0.25, 0.3) is 5.72 Å². The summed E-state index contributed by atoms with van der Waals surface area (Å²) in [5, 5.41) is 16.8. The summed E-state index contributed by atoms with van der Waals surface area (Å²) in [5.41, 5.74) is -7.82. The summed E-state index contributed by atoms with van der Waals surface area (Å²) >= 11 is 0. The van der Waals surface area contributed by atoms with E-state index in [1.165, 1.54) is 38.1 Å². The quantitative estimate of drug-likeness (QED) is 0.315. The van der Waals surface area contributed by atoms with E-state index >= 15 is 0 Å². The maximum atomic E-state index is 15.0. The molecule has 38 heavy (non-hydrogen) atoms. The van der Waals surface area contributed by atoms with Crippen molar-refractivity contribution in [3.63, 3.8) is 0 Å². The number of amides is 1. The lowest BCUT2D eigenvalue weighted by Gasteiger charge is -2.53. The van der Waals surface area contributed by atoms with E-state index in [1.807, 2.05) is 0 Å². The lowest BCUT2D eigenvalue weighted by atomic mass is 9.58. The summed E-state index contributed by atoms with van der Waals surface area (Å²) in [7, 11) is 0. The van der Waals surface area contributed by atoms with Crippen LogP contribution < -0.4 is 10.6 Å². The van der Waals surface area contributed by atoms with Crippen molar-refractivity contribution in [3.8, 4) is 0 Å². The maximum Gasteiger partial charge on any atom is 0.437 e. The van der Waals surface area contributed by atoms with Gasteiger partial charge in [-0.2, -0.15) is 13.2 Å². The number of esters is 1. The van der Waals surface area contributed by atoms with Gasteiger partial charge in [0, 0.05) is 23.8 Å². The number of benzene rings is 2. The van der Waals surface area contributed by atoms with Crippen LogP contribution in [0.15, 0.2) is 59.9 Å². The van der Waals surface area contributed by atoms with Crippen LogP contribution in [0.1, 0.15) is 29.8 Å². The standard InChI is InChI=1S/C26H23F4N3O5/c1-3-38-22(35)20-24(16-11-15(27)9-10-17(16)32-23(24)36)18(19(34)14-7-5-4-6-8-14)21-31-13(2)12-33(21)25(20,37)26(28,29)30/h4-11,13,20,31,37H,3,12H2,1-2H3,(H,32,36)/t13-,20-,24-,25+/m0/s1. The molecule has 1 amide bonds. The number of carbonyl (C=O) groups excluding carboxylic acids is 3. The third kappa shape index (κ3) is 3.29. The fourth-order valence-electron chi connectivity index (χ4n) is 5.76. The zero-order valence-electron chi connectivity index (χ0n) is 20.2. The van der Waals surface area contributed by atoms with E-state index in [4.69, 9.17) is 4.74 Å². The summed E-state index contributed by atoms with van der Waals surface area (Å²) < 4.78 is 64.6. The molecule has 1 saturated heterocycles. The number of carbonyl (C=O) groups is 3. The smallest absolute Gasteiger partial charge is 0.437 e. The van der Waals surface area contributed by atoms with Gasteiger partial charge in [0.2, 0.25) is 5.91 Å². The second-order valence-electron chi connectivity index (χ2n) is 9.44. The molecule has 3 aliphatic rings. The highest BCUT2D eigenvalue weighted by Crippen LogP contribution is 2.61. The third-order valence-corrected chi connectivity index (χ3v) is 7.20. The van der Waals surface area contributed by atoms with Crippen LogP contribution in [0, 0.1) is 11.7 Å². The molecule has 2 aromatic rings. The number of Topliss-reactive ketones (excluding diaryl/α,β-unsaturated/α-hetero) is 1. The molecule has 0 aliphatic carbocycles. The predicted molar refractivity (Wildman–Crippen MR) is 125 cm³/mol. The molecule has 2 aromatic carbocycles. The van der Waals surface area contributed by atoms with E-state index in [1.54, 1.807) is 6.07 Å². The topological polar surface area (TPSA) is 108 Å². The van der Waals surface area contributed by atoms with Crippen molar-refractivity contribution in [2.75, 3.05) is 18.5 Å². The summed E-state index contributed by atoms with van der Waals surface area (Å²) in [6, 6.07) is 9.62. The van der Waals surface area contributed by atoms with E-state index in [2.05, 4.69) is 10.6 Å². The van der Waals surface area contributed by atoms with Crippen LogP contribution >= 0.6 is 0 Å². The minimum atomic E-state index is -5.52. The normalized spacial score (nSPS) is 28.1. The van der Waals surface area contributed by atoms with Crippen molar-refractivity contribution in [2.45, 2.75) is 37.2 Å². The number of ketones is 1. The molecule has 1 spiro atoms. The average molecular weight is 533 g/mol. The maximum absolute atomic E-state index is 15.0. The Labute approximate surface area is 214 Å². The molecule has 5 rings (SSSR count). The van der Waals surface area contributed by atoms with Crippen LogP contribution in [0.5, 0.6) is 0 Å². The number of anilines is 1. The molecular formula is C26H23F4N3O5. The Morgan fingerprint density at radius 3 is 2.50 bits per heavy atom. The first-order valence-electron chi connectivity index (χ1n) is 11.8. The van der Waals surface area contributed by atoms with Crippen LogP contribution in [0.4, 0.5) is 23.2 Å². The van der Waals surface area contributed by atoms with Crippen molar-refractivity contribution in [1.29, 1.82) is 0 Å². The minimum Gasteiger partial charge on any atom is -0.466 e. The van der Waals surface area contributed by atoms with E-state index < -0.39 is 76.3 Å². The highest BCUT2D eigenvalue weighted by atomic mass is 19.4. The van der Waals surface area contributed by atoms with Gasteiger partial charge < -0.3 is 25.4 Å². The highest BCUT2D eigenvalue weighted by molar-refractivity contribution is 6.22. The Kier molecular flexibility index (Phi) is 5.78. The van der Waals surface area contributed by atoms with Crippen LogP contribution in [-0.2, 0) is 19.7 Å². The molecule has 1 fully saturated rings. The average Bonchev–Trinajstić information content (AvgIpc) is 3.37. The van der Waals surface area contributed by atoms with Gasteiger partial charge in [0.05, 0.1) is 12.2 Å². The second-order valence-corrected chi connectivity index (χ2v) is 9.44. The van der Waals surface area contributed by atoms with Crippen molar-refractivity contribution in [2.24, 2.45) is 5.92 Å². The Morgan fingerprint density at radius 2 is 1.87 bits per heavy atom. The largest absolute Gasteiger partial charge is 0.466 e. The Hall–Kier alpha value is -3.93.